The first-order valence-corrected chi connectivity index (χ1v) is 12.1. The fourth-order valence-corrected chi connectivity index (χ4v) is 5.66. The second-order valence-corrected chi connectivity index (χ2v) is 9.55. The van der Waals surface area contributed by atoms with E-state index in [-0.39, 0.29) is 0 Å². The van der Waals surface area contributed by atoms with E-state index >= 15 is 0 Å². The molecule has 31 heavy (non-hydrogen) atoms. The quantitative estimate of drug-likeness (QED) is 0.411. The lowest BCUT2D eigenvalue weighted by molar-refractivity contribution is 0.0376. The minimum atomic E-state index is 0.870. The predicted molar refractivity (Wildman–Crippen MR) is 131 cm³/mol. The van der Waals surface area contributed by atoms with Gasteiger partial charge in [-0.1, -0.05) is 34.1 Å². The van der Waals surface area contributed by atoms with E-state index in [1.54, 1.807) is 0 Å². The Balaban J connectivity index is 1.47. The highest BCUT2D eigenvalue weighted by Crippen LogP contribution is 2.41. The maximum Gasteiger partial charge on any atom is 0.0989 e. The third-order valence-electron chi connectivity index (χ3n) is 6.75. The van der Waals surface area contributed by atoms with E-state index < -0.39 is 0 Å². The third-order valence-corrected chi connectivity index (χ3v) is 7.24. The summed E-state index contributed by atoms with van der Waals surface area (Å²) in [7, 11) is 0. The van der Waals surface area contributed by atoms with Gasteiger partial charge >= 0.3 is 0 Å². The molecule has 2 aromatic heterocycles. The third kappa shape index (κ3) is 3.41. The molecule has 0 atom stereocenters. The van der Waals surface area contributed by atoms with Crippen molar-refractivity contribution in [2.24, 2.45) is 0 Å². The van der Waals surface area contributed by atoms with Crippen molar-refractivity contribution in [1.82, 2.24) is 14.5 Å². The lowest BCUT2D eigenvalue weighted by Crippen LogP contribution is -2.38. The van der Waals surface area contributed by atoms with Crippen LogP contribution in [0.2, 0.25) is 0 Å². The number of ether oxygens (including phenoxy) is 1. The van der Waals surface area contributed by atoms with Crippen molar-refractivity contribution in [3.63, 3.8) is 0 Å². The zero-order valence-electron chi connectivity index (χ0n) is 17.7. The molecule has 0 unspecified atom stereocenters. The molecule has 6 rings (SSSR count). The van der Waals surface area contributed by atoms with Crippen molar-refractivity contribution < 1.29 is 4.74 Å². The van der Waals surface area contributed by atoms with E-state index in [4.69, 9.17) is 9.72 Å². The number of aromatic nitrogens is 2. The number of halogens is 1. The van der Waals surface area contributed by atoms with Crippen LogP contribution in [0.3, 0.4) is 0 Å². The van der Waals surface area contributed by atoms with Gasteiger partial charge in [-0.25, -0.2) is 4.98 Å². The summed E-state index contributed by atoms with van der Waals surface area (Å²) in [6.45, 7) is 8.20. The Hall–Kier alpha value is -2.15. The Bertz CT molecular complexity index is 1260. The zero-order chi connectivity index (χ0) is 20.8. The number of pyridine rings is 1. The van der Waals surface area contributed by atoms with E-state index in [0.29, 0.717) is 0 Å². The van der Waals surface area contributed by atoms with Crippen LogP contribution in [0.15, 0.2) is 46.9 Å². The zero-order valence-corrected chi connectivity index (χ0v) is 19.3. The van der Waals surface area contributed by atoms with Crippen molar-refractivity contribution in [2.45, 2.75) is 19.4 Å². The van der Waals surface area contributed by atoms with E-state index in [1.807, 2.05) is 0 Å². The summed E-state index contributed by atoms with van der Waals surface area (Å²) in [6, 6.07) is 15.3. The summed E-state index contributed by atoms with van der Waals surface area (Å²) >= 11 is 3.67. The number of para-hydroxylation sites is 1. The second-order valence-electron chi connectivity index (χ2n) is 8.64. The molecule has 0 saturated carbocycles. The van der Waals surface area contributed by atoms with Gasteiger partial charge in [0.15, 0.2) is 0 Å². The molecule has 4 heterocycles. The summed E-state index contributed by atoms with van der Waals surface area (Å²) in [5.41, 5.74) is 6.18. The molecule has 6 heteroatoms. The number of anilines is 1. The Labute approximate surface area is 190 Å². The summed E-state index contributed by atoms with van der Waals surface area (Å²) < 4.78 is 9.12. The number of morpholine rings is 1. The van der Waals surface area contributed by atoms with Gasteiger partial charge < -0.3 is 14.2 Å². The van der Waals surface area contributed by atoms with Gasteiger partial charge in [0.1, 0.15) is 0 Å². The smallest absolute Gasteiger partial charge is 0.0989 e. The van der Waals surface area contributed by atoms with Crippen molar-refractivity contribution in [1.29, 1.82) is 0 Å². The molecular weight excluding hydrogens is 452 g/mol. The van der Waals surface area contributed by atoms with Gasteiger partial charge in [-0.2, -0.15) is 0 Å². The second kappa shape index (κ2) is 8.08. The number of rotatable bonds is 4. The van der Waals surface area contributed by atoms with E-state index in [0.717, 1.165) is 74.4 Å². The SMILES string of the molecule is Brc1ccc2c(c1)c1nc3ccccc3c3c1n2CCCN3CCCN1CCOCC1. The average molecular weight is 479 g/mol. The molecule has 2 aliphatic rings. The van der Waals surface area contributed by atoms with Crippen LogP contribution in [0.25, 0.3) is 32.8 Å². The van der Waals surface area contributed by atoms with Gasteiger partial charge in [-0.3, -0.25) is 4.90 Å². The molecule has 4 aromatic rings. The van der Waals surface area contributed by atoms with Crippen molar-refractivity contribution in [3.8, 4) is 0 Å². The molecule has 2 aliphatic heterocycles. The molecule has 0 bridgehead atoms. The van der Waals surface area contributed by atoms with Gasteiger partial charge in [0.05, 0.1) is 41.0 Å². The van der Waals surface area contributed by atoms with Crippen LogP contribution in [0, 0.1) is 0 Å². The number of fused-ring (bicyclic) bond motifs is 5. The fraction of sp³-hybridized carbons (Fsp3) is 0.400. The van der Waals surface area contributed by atoms with Crippen LogP contribution < -0.4 is 4.90 Å². The molecule has 5 nitrogen and oxygen atoms in total. The van der Waals surface area contributed by atoms with Gasteiger partial charge in [0.2, 0.25) is 0 Å². The summed E-state index contributed by atoms with van der Waals surface area (Å²) in [5.74, 6) is 0. The van der Waals surface area contributed by atoms with Crippen LogP contribution in [0.5, 0.6) is 0 Å². The average Bonchev–Trinajstić information content (AvgIpc) is 2.96. The van der Waals surface area contributed by atoms with Crippen LogP contribution in [0.1, 0.15) is 12.8 Å². The lowest BCUT2D eigenvalue weighted by atomic mass is 10.1. The number of nitrogens with zero attached hydrogens (tertiary/aromatic N) is 4. The Morgan fingerprint density at radius 3 is 2.71 bits per heavy atom. The molecule has 0 spiro atoms. The lowest BCUT2D eigenvalue weighted by Gasteiger charge is -2.29. The molecule has 0 amide bonds. The summed E-state index contributed by atoms with van der Waals surface area (Å²) in [6.07, 6.45) is 2.32. The molecule has 2 aromatic carbocycles. The highest BCUT2D eigenvalue weighted by Gasteiger charge is 2.24. The standard InChI is InChI=1S/C25H27BrN4O/c26-18-7-8-22-20(17-18)23-25-24(19-5-1-2-6-21(19)27-23)29(11-4-12-30(22)25)10-3-9-28-13-15-31-16-14-28/h1-2,5-8,17H,3-4,9-16H2. The largest absolute Gasteiger partial charge is 0.379 e. The highest BCUT2D eigenvalue weighted by atomic mass is 79.9. The molecular formula is C25H27BrN4O. The van der Waals surface area contributed by atoms with E-state index in [9.17, 15) is 0 Å². The minimum Gasteiger partial charge on any atom is -0.379 e. The molecule has 0 N–H and O–H groups in total. The van der Waals surface area contributed by atoms with Gasteiger partial charge in [0.25, 0.3) is 0 Å². The van der Waals surface area contributed by atoms with Gasteiger partial charge in [-0.05, 0) is 37.1 Å². The van der Waals surface area contributed by atoms with Crippen LogP contribution in [-0.4, -0.2) is 60.4 Å². The first-order valence-electron chi connectivity index (χ1n) is 11.3. The molecule has 1 saturated heterocycles. The Morgan fingerprint density at radius 2 is 1.81 bits per heavy atom. The summed E-state index contributed by atoms with van der Waals surface area (Å²) in [5, 5.41) is 2.51. The first-order chi connectivity index (χ1) is 15.3. The monoisotopic (exact) mass is 478 g/mol. The maximum absolute atomic E-state index is 5.51. The Morgan fingerprint density at radius 1 is 0.935 bits per heavy atom. The normalized spacial score (nSPS) is 17.6. The highest BCUT2D eigenvalue weighted by molar-refractivity contribution is 9.10. The number of benzene rings is 2. The van der Waals surface area contributed by atoms with Crippen molar-refractivity contribution in [3.05, 3.63) is 46.9 Å². The maximum atomic E-state index is 5.51. The fourth-order valence-electron chi connectivity index (χ4n) is 5.30. The molecule has 160 valence electrons. The number of aryl methyl sites for hydroxylation is 1. The Kier molecular flexibility index (Phi) is 5.09. The van der Waals surface area contributed by atoms with Crippen molar-refractivity contribution >= 4 is 54.5 Å². The van der Waals surface area contributed by atoms with Crippen molar-refractivity contribution in [2.75, 3.05) is 50.8 Å². The van der Waals surface area contributed by atoms with Crippen LogP contribution >= 0.6 is 15.9 Å². The van der Waals surface area contributed by atoms with Crippen LogP contribution in [-0.2, 0) is 11.3 Å². The van der Waals surface area contributed by atoms with Gasteiger partial charge in [-0.15, -0.1) is 0 Å². The minimum absolute atomic E-state index is 0.870. The molecule has 0 aliphatic carbocycles. The molecule has 0 radical (unpaired) electrons. The first kappa shape index (κ1) is 19.5. The van der Waals surface area contributed by atoms with Crippen LogP contribution in [0.4, 0.5) is 5.69 Å². The van der Waals surface area contributed by atoms with E-state index in [1.165, 1.54) is 33.9 Å². The van der Waals surface area contributed by atoms with E-state index in [2.05, 4.69) is 72.8 Å². The summed E-state index contributed by atoms with van der Waals surface area (Å²) in [4.78, 5) is 10.3. The number of hydrogen-bond donors (Lipinski definition) is 0. The molecule has 1 fully saturated rings. The predicted octanol–water partition coefficient (Wildman–Crippen LogP) is 5.04. The topological polar surface area (TPSA) is 33.5 Å². The number of hydrogen-bond acceptors (Lipinski definition) is 4. The van der Waals surface area contributed by atoms with Gasteiger partial charge in [0, 0.05) is 54.5 Å².